The van der Waals surface area contributed by atoms with Crippen molar-refractivity contribution in [2.24, 2.45) is 5.73 Å². The Kier molecular flexibility index (Phi) is 2.84. The molecule has 4 nitrogen and oxygen atoms in total. The Labute approximate surface area is 84.5 Å². The zero-order valence-corrected chi connectivity index (χ0v) is 8.56. The van der Waals surface area contributed by atoms with Gasteiger partial charge in [-0.05, 0) is 26.3 Å². The van der Waals surface area contributed by atoms with Gasteiger partial charge in [0.15, 0.2) is 0 Å². The quantitative estimate of drug-likeness (QED) is 0.722. The third-order valence-electron chi connectivity index (χ3n) is 3.06. The predicted molar refractivity (Wildman–Crippen MR) is 55.9 cm³/mol. The van der Waals surface area contributed by atoms with E-state index in [1.807, 2.05) is 18.7 Å². The zero-order chi connectivity index (χ0) is 9.97. The molecule has 3 atom stereocenters. The SMILES string of the molecule is CC(C1CC(N)CCN1)n1ccnc1. The summed E-state index contributed by atoms with van der Waals surface area (Å²) >= 11 is 0. The van der Waals surface area contributed by atoms with Gasteiger partial charge in [0.2, 0.25) is 0 Å². The number of aromatic nitrogens is 2. The molecule has 2 rings (SSSR count). The van der Waals surface area contributed by atoms with Crippen LogP contribution >= 0.6 is 0 Å². The fourth-order valence-electron chi connectivity index (χ4n) is 2.07. The molecule has 0 aliphatic carbocycles. The van der Waals surface area contributed by atoms with Gasteiger partial charge >= 0.3 is 0 Å². The molecule has 1 aromatic heterocycles. The molecule has 1 fully saturated rings. The molecule has 0 saturated carbocycles. The first-order chi connectivity index (χ1) is 6.77. The summed E-state index contributed by atoms with van der Waals surface area (Å²) in [4.78, 5) is 4.06. The van der Waals surface area contributed by atoms with E-state index in [1.54, 1.807) is 0 Å². The van der Waals surface area contributed by atoms with Crippen LogP contribution in [0.4, 0.5) is 0 Å². The number of hydrogen-bond donors (Lipinski definition) is 2. The first-order valence-corrected chi connectivity index (χ1v) is 5.24. The fourth-order valence-corrected chi connectivity index (χ4v) is 2.07. The van der Waals surface area contributed by atoms with Gasteiger partial charge in [0, 0.05) is 30.5 Å². The maximum Gasteiger partial charge on any atom is 0.0948 e. The molecule has 1 aliphatic rings. The smallest absolute Gasteiger partial charge is 0.0948 e. The normalized spacial score (nSPS) is 30.1. The van der Waals surface area contributed by atoms with Gasteiger partial charge in [0.25, 0.3) is 0 Å². The van der Waals surface area contributed by atoms with Crippen molar-refractivity contribution in [3.63, 3.8) is 0 Å². The van der Waals surface area contributed by atoms with Crippen molar-refractivity contribution < 1.29 is 0 Å². The fraction of sp³-hybridized carbons (Fsp3) is 0.700. The second-order valence-electron chi connectivity index (χ2n) is 4.10. The number of nitrogens with one attached hydrogen (secondary N) is 1. The number of hydrogen-bond acceptors (Lipinski definition) is 3. The lowest BCUT2D eigenvalue weighted by Crippen LogP contribution is -2.47. The molecule has 3 unspecified atom stereocenters. The molecule has 1 saturated heterocycles. The Bertz CT molecular complexity index is 270. The number of nitrogens with zero attached hydrogens (tertiary/aromatic N) is 2. The minimum Gasteiger partial charge on any atom is -0.333 e. The van der Waals surface area contributed by atoms with E-state index in [2.05, 4.69) is 21.8 Å². The lowest BCUT2D eigenvalue weighted by Gasteiger charge is -2.32. The van der Waals surface area contributed by atoms with Crippen LogP contribution in [-0.2, 0) is 0 Å². The van der Waals surface area contributed by atoms with Crippen LogP contribution in [0.5, 0.6) is 0 Å². The van der Waals surface area contributed by atoms with E-state index in [0.29, 0.717) is 18.1 Å². The van der Waals surface area contributed by atoms with Gasteiger partial charge < -0.3 is 15.6 Å². The lowest BCUT2D eigenvalue weighted by atomic mass is 9.95. The molecule has 0 spiro atoms. The van der Waals surface area contributed by atoms with E-state index < -0.39 is 0 Å². The summed E-state index contributed by atoms with van der Waals surface area (Å²) in [5.41, 5.74) is 5.95. The monoisotopic (exact) mass is 194 g/mol. The van der Waals surface area contributed by atoms with Crippen molar-refractivity contribution in [3.8, 4) is 0 Å². The number of nitrogens with two attached hydrogens (primary N) is 1. The number of rotatable bonds is 2. The summed E-state index contributed by atoms with van der Waals surface area (Å²) < 4.78 is 2.13. The molecule has 1 aliphatic heterocycles. The van der Waals surface area contributed by atoms with Crippen LogP contribution < -0.4 is 11.1 Å². The molecule has 0 radical (unpaired) electrons. The molecule has 0 bridgehead atoms. The number of piperidine rings is 1. The van der Waals surface area contributed by atoms with Crippen molar-refractivity contribution in [1.82, 2.24) is 14.9 Å². The Morgan fingerprint density at radius 1 is 1.64 bits per heavy atom. The van der Waals surface area contributed by atoms with Crippen LogP contribution in [0.15, 0.2) is 18.7 Å². The third-order valence-corrected chi connectivity index (χ3v) is 3.06. The molecule has 0 aromatic carbocycles. The highest BCUT2D eigenvalue weighted by Crippen LogP contribution is 2.18. The summed E-state index contributed by atoms with van der Waals surface area (Å²) in [5, 5.41) is 3.51. The van der Waals surface area contributed by atoms with Crippen molar-refractivity contribution >= 4 is 0 Å². The predicted octanol–water partition coefficient (Wildman–Crippen LogP) is 0.523. The van der Waals surface area contributed by atoms with Crippen LogP contribution in [0.2, 0.25) is 0 Å². The van der Waals surface area contributed by atoms with Crippen molar-refractivity contribution in [3.05, 3.63) is 18.7 Å². The highest BCUT2D eigenvalue weighted by molar-refractivity contribution is 4.89. The second-order valence-corrected chi connectivity index (χ2v) is 4.10. The Morgan fingerprint density at radius 3 is 3.14 bits per heavy atom. The number of imidazole rings is 1. The van der Waals surface area contributed by atoms with Gasteiger partial charge in [0.05, 0.1) is 6.33 Å². The van der Waals surface area contributed by atoms with Crippen molar-refractivity contribution in [1.29, 1.82) is 0 Å². The highest BCUT2D eigenvalue weighted by Gasteiger charge is 2.24. The van der Waals surface area contributed by atoms with Crippen LogP contribution in [0.25, 0.3) is 0 Å². The van der Waals surface area contributed by atoms with Crippen LogP contribution in [0.3, 0.4) is 0 Å². The largest absolute Gasteiger partial charge is 0.333 e. The second kappa shape index (κ2) is 4.11. The summed E-state index contributed by atoms with van der Waals surface area (Å²) in [6, 6.07) is 1.27. The summed E-state index contributed by atoms with van der Waals surface area (Å²) in [5.74, 6) is 0. The van der Waals surface area contributed by atoms with Crippen LogP contribution in [0, 0.1) is 0 Å². The molecule has 78 valence electrons. The van der Waals surface area contributed by atoms with Gasteiger partial charge in [-0.3, -0.25) is 0 Å². The lowest BCUT2D eigenvalue weighted by molar-refractivity contribution is 0.286. The minimum absolute atomic E-state index is 0.354. The average Bonchev–Trinajstić information content (AvgIpc) is 2.69. The van der Waals surface area contributed by atoms with Gasteiger partial charge in [0.1, 0.15) is 0 Å². The van der Waals surface area contributed by atoms with E-state index in [1.165, 1.54) is 0 Å². The van der Waals surface area contributed by atoms with E-state index in [-0.39, 0.29) is 0 Å². The minimum atomic E-state index is 0.354. The average molecular weight is 194 g/mol. The van der Waals surface area contributed by atoms with E-state index in [4.69, 9.17) is 5.73 Å². The maximum absolute atomic E-state index is 5.95. The topological polar surface area (TPSA) is 55.9 Å². The Hall–Kier alpha value is -0.870. The van der Waals surface area contributed by atoms with Crippen LogP contribution in [0.1, 0.15) is 25.8 Å². The van der Waals surface area contributed by atoms with Gasteiger partial charge in [-0.1, -0.05) is 0 Å². The van der Waals surface area contributed by atoms with Crippen molar-refractivity contribution in [2.75, 3.05) is 6.54 Å². The molecule has 3 N–H and O–H groups in total. The third kappa shape index (κ3) is 1.96. The van der Waals surface area contributed by atoms with E-state index in [0.717, 1.165) is 19.4 Å². The maximum atomic E-state index is 5.95. The molecule has 14 heavy (non-hydrogen) atoms. The van der Waals surface area contributed by atoms with Gasteiger partial charge in [-0.15, -0.1) is 0 Å². The highest BCUT2D eigenvalue weighted by atomic mass is 15.1. The summed E-state index contributed by atoms with van der Waals surface area (Å²) in [6.45, 7) is 3.24. The van der Waals surface area contributed by atoms with Crippen molar-refractivity contribution in [2.45, 2.75) is 37.9 Å². The molecular weight excluding hydrogens is 176 g/mol. The van der Waals surface area contributed by atoms with E-state index >= 15 is 0 Å². The van der Waals surface area contributed by atoms with Gasteiger partial charge in [-0.25, -0.2) is 4.98 Å². The first-order valence-electron chi connectivity index (χ1n) is 5.24. The standard InChI is InChI=1S/C10H18N4/c1-8(14-5-4-12-7-14)10-6-9(11)2-3-13-10/h4-5,7-10,13H,2-3,6,11H2,1H3. The van der Waals surface area contributed by atoms with E-state index in [9.17, 15) is 0 Å². The molecule has 0 amide bonds. The summed E-state index contributed by atoms with van der Waals surface area (Å²) in [6.07, 6.45) is 7.84. The first kappa shape index (κ1) is 9.68. The Balaban J connectivity index is 2.00. The zero-order valence-electron chi connectivity index (χ0n) is 8.56. The Morgan fingerprint density at radius 2 is 2.50 bits per heavy atom. The molecule has 2 heterocycles. The molecular formula is C10H18N4. The van der Waals surface area contributed by atoms with Gasteiger partial charge in [-0.2, -0.15) is 0 Å². The molecule has 1 aromatic rings. The summed E-state index contributed by atoms with van der Waals surface area (Å²) in [7, 11) is 0. The molecule has 4 heteroatoms. The van der Waals surface area contributed by atoms with Crippen LogP contribution in [-0.4, -0.2) is 28.2 Å².